The van der Waals surface area contributed by atoms with Crippen molar-refractivity contribution < 1.29 is 24.2 Å². The monoisotopic (exact) mass is 281 g/mol. The molecule has 1 amide bonds. The van der Waals surface area contributed by atoms with Crippen LogP contribution >= 0.6 is 0 Å². The number of carbonyl (C=O) groups is 2. The van der Waals surface area contributed by atoms with Crippen molar-refractivity contribution >= 4 is 11.9 Å². The highest BCUT2D eigenvalue weighted by Gasteiger charge is 2.15. The van der Waals surface area contributed by atoms with Gasteiger partial charge >= 0.3 is 5.97 Å². The van der Waals surface area contributed by atoms with E-state index in [4.69, 9.17) is 14.6 Å². The van der Waals surface area contributed by atoms with E-state index in [-0.39, 0.29) is 29.9 Å². The number of benzene rings is 1. The summed E-state index contributed by atoms with van der Waals surface area (Å²) in [6.45, 7) is 3.68. The molecule has 1 rings (SSSR count). The first kappa shape index (κ1) is 15.8. The maximum absolute atomic E-state index is 11.8. The fourth-order valence-electron chi connectivity index (χ4n) is 1.45. The first-order valence-corrected chi connectivity index (χ1v) is 6.16. The number of rotatable bonds is 6. The molecule has 6 heteroatoms. The molecule has 0 aliphatic heterocycles. The van der Waals surface area contributed by atoms with Gasteiger partial charge in [-0.15, -0.1) is 0 Å². The van der Waals surface area contributed by atoms with E-state index in [9.17, 15) is 9.59 Å². The van der Waals surface area contributed by atoms with E-state index in [1.54, 1.807) is 11.9 Å². The molecular formula is C14H19NO5. The van der Waals surface area contributed by atoms with Gasteiger partial charge in [-0.25, -0.2) is 4.79 Å². The van der Waals surface area contributed by atoms with Gasteiger partial charge in [-0.2, -0.15) is 0 Å². The zero-order chi connectivity index (χ0) is 15.3. The Morgan fingerprint density at radius 3 is 2.45 bits per heavy atom. The summed E-state index contributed by atoms with van der Waals surface area (Å²) < 4.78 is 10.4. The van der Waals surface area contributed by atoms with Gasteiger partial charge < -0.3 is 19.5 Å². The molecule has 1 aromatic rings. The van der Waals surface area contributed by atoms with Crippen LogP contribution in [0, 0.1) is 0 Å². The number of hydrogen-bond acceptors (Lipinski definition) is 4. The molecule has 0 saturated heterocycles. The quantitative estimate of drug-likeness (QED) is 0.857. The highest BCUT2D eigenvalue weighted by Crippen LogP contribution is 2.28. The van der Waals surface area contributed by atoms with E-state index in [1.165, 1.54) is 25.3 Å². The number of ether oxygens (including phenoxy) is 2. The van der Waals surface area contributed by atoms with Crippen LogP contribution in [0.1, 0.15) is 24.2 Å². The van der Waals surface area contributed by atoms with E-state index in [2.05, 4.69) is 0 Å². The van der Waals surface area contributed by atoms with Gasteiger partial charge in [0.1, 0.15) is 0 Å². The SMILES string of the molecule is COc1cc(C(=O)O)ccc1OCC(=O)N(C)C(C)C. The van der Waals surface area contributed by atoms with Gasteiger partial charge in [-0.05, 0) is 32.0 Å². The third-order valence-corrected chi connectivity index (χ3v) is 2.93. The lowest BCUT2D eigenvalue weighted by Gasteiger charge is -2.21. The van der Waals surface area contributed by atoms with Crippen molar-refractivity contribution in [2.45, 2.75) is 19.9 Å². The van der Waals surface area contributed by atoms with Crippen molar-refractivity contribution in [3.8, 4) is 11.5 Å². The number of amides is 1. The summed E-state index contributed by atoms with van der Waals surface area (Å²) in [4.78, 5) is 24.2. The average molecular weight is 281 g/mol. The predicted molar refractivity (Wildman–Crippen MR) is 73.4 cm³/mol. The zero-order valence-electron chi connectivity index (χ0n) is 12.0. The van der Waals surface area contributed by atoms with Crippen LogP contribution in [0.3, 0.4) is 0 Å². The molecule has 0 fully saturated rings. The Bertz CT molecular complexity index is 498. The minimum Gasteiger partial charge on any atom is -0.493 e. The smallest absolute Gasteiger partial charge is 0.335 e. The molecular weight excluding hydrogens is 262 g/mol. The summed E-state index contributed by atoms with van der Waals surface area (Å²) in [7, 11) is 3.11. The number of carbonyl (C=O) groups excluding carboxylic acids is 1. The van der Waals surface area contributed by atoms with Gasteiger partial charge in [0.2, 0.25) is 0 Å². The number of nitrogens with zero attached hydrogens (tertiary/aromatic N) is 1. The third kappa shape index (κ3) is 3.88. The van der Waals surface area contributed by atoms with E-state index < -0.39 is 5.97 Å². The molecule has 110 valence electrons. The summed E-state index contributed by atoms with van der Waals surface area (Å²) in [5.74, 6) is -0.595. The number of carboxylic acid groups (broad SMARTS) is 1. The first-order chi connectivity index (χ1) is 9.36. The minimum atomic E-state index is -1.05. The Kier molecular flexibility index (Phi) is 5.37. The summed E-state index contributed by atoms with van der Waals surface area (Å²) in [6.07, 6.45) is 0. The summed E-state index contributed by atoms with van der Waals surface area (Å²) in [6, 6.07) is 4.32. The summed E-state index contributed by atoms with van der Waals surface area (Å²) in [5.41, 5.74) is 0.0971. The fourth-order valence-corrected chi connectivity index (χ4v) is 1.45. The molecule has 1 N–H and O–H groups in total. The van der Waals surface area contributed by atoms with E-state index in [0.717, 1.165) is 0 Å². The topological polar surface area (TPSA) is 76.1 Å². The van der Waals surface area contributed by atoms with Crippen molar-refractivity contribution in [2.24, 2.45) is 0 Å². The zero-order valence-corrected chi connectivity index (χ0v) is 12.0. The molecule has 0 atom stereocenters. The predicted octanol–water partition coefficient (Wildman–Crippen LogP) is 1.64. The van der Waals surface area contributed by atoms with Crippen molar-refractivity contribution in [3.05, 3.63) is 23.8 Å². The standard InChI is InChI=1S/C14H19NO5/c1-9(2)15(3)13(16)8-20-11-6-5-10(14(17)18)7-12(11)19-4/h5-7,9H,8H2,1-4H3,(H,17,18). The van der Waals surface area contributed by atoms with E-state index >= 15 is 0 Å². The van der Waals surface area contributed by atoms with E-state index in [0.29, 0.717) is 5.75 Å². The lowest BCUT2D eigenvalue weighted by Crippen LogP contribution is -2.36. The minimum absolute atomic E-state index is 0.0855. The maximum Gasteiger partial charge on any atom is 0.335 e. The van der Waals surface area contributed by atoms with Gasteiger partial charge in [0.05, 0.1) is 12.7 Å². The van der Waals surface area contributed by atoms with Crippen molar-refractivity contribution in [1.82, 2.24) is 4.90 Å². The Labute approximate surface area is 117 Å². The molecule has 0 aliphatic carbocycles. The Balaban J connectivity index is 2.78. The number of aromatic carboxylic acids is 1. The molecule has 0 radical (unpaired) electrons. The lowest BCUT2D eigenvalue weighted by atomic mass is 10.2. The Morgan fingerprint density at radius 1 is 1.30 bits per heavy atom. The lowest BCUT2D eigenvalue weighted by molar-refractivity contribution is -0.133. The summed E-state index contributed by atoms with van der Waals surface area (Å²) >= 11 is 0. The molecule has 0 bridgehead atoms. The molecule has 0 heterocycles. The molecule has 1 aromatic carbocycles. The highest BCUT2D eigenvalue weighted by atomic mass is 16.5. The number of likely N-dealkylation sites (N-methyl/N-ethyl adjacent to an activating group) is 1. The van der Waals surface area contributed by atoms with Gasteiger partial charge in [0.25, 0.3) is 5.91 Å². The van der Waals surface area contributed by atoms with Crippen LogP contribution in [-0.4, -0.2) is 48.7 Å². The van der Waals surface area contributed by atoms with Gasteiger partial charge in [-0.1, -0.05) is 0 Å². The number of methoxy groups -OCH3 is 1. The number of hydrogen-bond donors (Lipinski definition) is 1. The Hall–Kier alpha value is -2.24. The largest absolute Gasteiger partial charge is 0.493 e. The van der Waals surface area contributed by atoms with Crippen molar-refractivity contribution in [2.75, 3.05) is 20.8 Å². The average Bonchev–Trinajstić information content (AvgIpc) is 2.43. The molecule has 6 nitrogen and oxygen atoms in total. The van der Waals surface area contributed by atoms with Crippen LogP contribution in [-0.2, 0) is 4.79 Å². The molecule has 0 unspecified atom stereocenters. The van der Waals surface area contributed by atoms with Crippen LogP contribution in [0.2, 0.25) is 0 Å². The van der Waals surface area contributed by atoms with Crippen LogP contribution < -0.4 is 9.47 Å². The second-order valence-corrected chi connectivity index (χ2v) is 4.56. The van der Waals surface area contributed by atoms with Crippen molar-refractivity contribution in [1.29, 1.82) is 0 Å². The van der Waals surface area contributed by atoms with Gasteiger partial charge in [0, 0.05) is 13.1 Å². The normalized spacial score (nSPS) is 10.2. The van der Waals surface area contributed by atoms with Crippen LogP contribution in [0.4, 0.5) is 0 Å². The fraction of sp³-hybridized carbons (Fsp3) is 0.429. The van der Waals surface area contributed by atoms with E-state index in [1.807, 2.05) is 13.8 Å². The van der Waals surface area contributed by atoms with Crippen LogP contribution in [0.25, 0.3) is 0 Å². The highest BCUT2D eigenvalue weighted by molar-refractivity contribution is 5.88. The van der Waals surface area contributed by atoms with Crippen LogP contribution in [0.5, 0.6) is 11.5 Å². The van der Waals surface area contributed by atoms with Crippen LogP contribution in [0.15, 0.2) is 18.2 Å². The van der Waals surface area contributed by atoms with Gasteiger partial charge in [0.15, 0.2) is 18.1 Å². The number of carboxylic acids is 1. The molecule has 0 aliphatic rings. The molecule has 0 saturated carbocycles. The molecule has 20 heavy (non-hydrogen) atoms. The van der Waals surface area contributed by atoms with Gasteiger partial charge in [-0.3, -0.25) is 4.79 Å². The second kappa shape index (κ2) is 6.79. The first-order valence-electron chi connectivity index (χ1n) is 6.16. The summed E-state index contributed by atoms with van der Waals surface area (Å²) in [5, 5.41) is 8.89. The third-order valence-electron chi connectivity index (χ3n) is 2.93. The molecule has 0 aromatic heterocycles. The molecule has 0 spiro atoms. The van der Waals surface area contributed by atoms with Crippen molar-refractivity contribution in [3.63, 3.8) is 0 Å². The Morgan fingerprint density at radius 2 is 1.95 bits per heavy atom. The maximum atomic E-state index is 11.8. The second-order valence-electron chi connectivity index (χ2n) is 4.56.